The van der Waals surface area contributed by atoms with Crippen LogP contribution in [0.2, 0.25) is 0 Å². The number of tetrazole rings is 1. The standard InChI is InChI=1S/C7H12ClN5O/c1-13-11-7(10-12-13)9-6(14)4-2-3-5-8/h2-5H2,1H3,(H,9,11,14). The summed E-state index contributed by atoms with van der Waals surface area (Å²) in [6.07, 6.45) is 2.05. The van der Waals surface area contributed by atoms with Crippen molar-refractivity contribution in [2.24, 2.45) is 7.05 Å². The summed E-state index contributed by atoms with van der Waals surface area (Å²) in [5.74, 6) is 0.711. The van der Waals surface area contributed by atoms with Crippen LogP contribution in [0.3, 0.4) is 0 Å². The number of unbranched alkanes of at least 4 members (excludes halogenated alkanes) is 1. The molecule has 0 atom stereocenters. The van der Waals surface area contributed by atoms with Crippen molar-refractivity contribution in [1.29, 1.82) is 0 Å². The number of hydrogen-bond donors (Lipinski definition) is 1. The highest BCUT2D eigenvalue weighted by atomic mass is 35.5. The highest BCUT2D eigenvalue weighted by molar-refractivity contribution is 6.17. The average Bonchev–Trinajstić information content (AvgIpc) is 2.52. The smallest absolute Gasteiger partial charge is 0.270 e. The van der Waals surface area contributed by atoms with E-state index in [0.717, 1.165) is 12.8 Å². The van der Waals surface area contributed by atoms with Gasteiger partial charge in [-0.25, -0.2) is 0 Å². The number of amides is 1. The molecule has 0 unspecified atom stereocenters. The molecule has 6 nitrogen and oxygen atoms in total. The van der Waals surface area contributed by atoms with Gasteiger partial charge in [-0.15, -0.1) is 16.7 Å². The first-order valence-corrected chi connectivity index (χ1v) is 4.85. The number of carbonyl (C=O) groups is 1. The highest BCUT2D eigenvalue weighted by Gasteiger charge is 2.05. The number of nitrogens with zero attached hydrogens (tertiary/aromatic N) is 4. The van der Waals surface area contributed by atoms with Crippen LogP contribution in [-0.2, 0) is 11.8 Å². The lowest BCUT2D eigenvalue weighted by Gasteiger charge is -1.98. The average molecular weight is 218 g/mol. The fourth-order valence-electron chi connectivity index (χ4n) is 0.901. The minimum absolute atomic E-state index is 0.108. The van der Waals surface area contributed by atoms with Gasteiger partial charge in [0.25, 0.3) is 5.95 Å². The fourth-order valence-corrected chi connectivity index (χ4v) is 1.09. The summed E-state index contributed by atoms with van der Waals surface area (Å²) in [5.41, 5.74) is 0. The molecule has 0 fully saturated rings. The Labute approximate surface area is 86.6 Å². The number of carbonyl (C=O) groups excluding carboxylic acids is 1. The molecule has 1 rings (SSSR count). The zero-order valence-electron chi connectivity index (χ0n) is 7.90. The molecule has 0 aliphatic rings. The maximum atomic E-state index is 11.2. The monoisotopic (exact) mass is 217 g/mol. The first kappa shape index (κ1) is 10.9. The van der Waals surface area contributed by atoms with Gasteiger partial charge in [-0.3, -0.25) is 10.1 Å². The van der Waals surface area contributed by atoms with Gasteiger partial charge >= 0.3 is 0 Å². The molecule has 78 valence electrons. The number of anilines is 1. The van der Waals surface area contributed by atoms with Crippen LogP contribution in [0.15, 0.2) is 0 Å². The third-order valence-electron chi connectivity index (χ3n) is 1.55. The Morgan fingerprint density at radius 1 is 1.57 bits per heavy atom. The molecule has 7 heteroatoms. The molecule has 0 bridgehead atoms. The van der Waals surface area contributed by atoms with Gasteiger partial charge in [-0.05, 0) is 18.1 Å². The van der Waals surface area contributed by atoms with Crippen molar-refractivity contribution < 1.29 is 4.79 Å². The van der Waals surface area contributed by atoms with Gasteiger partial charge < -0.3 is 0 Å². The van der Waals surface area contributed by atoms with E-state index in [1.165, 1.54) is 4.80 Å². The molecule has 0 aliphatic heterocycles. The van der Waals surface area contributed by atoms with Gasteiger partial charge in [-0.2, -0.15) is 4.80 Å². The molecule has 0 aromatic carbocycles. The lowest BCUT2D eigenvalue weighted by molar-refractivity contribution is -0.116. The van der Waals surface area contributed by atoms with E-state index in [1.54, 1.807) is 7.05 Å². The third-order valence-corrected chi connectivity index (χ3v) is 1.81. The summed E-state index contributed by atoms with van der Waals surface area (Å²) >= 11 is 5.48. The molecule has 1 amide bonds. The normalized spacial score (nSPS) is 10.1. The van der Waals surface area contributed by atoms with Gasteiger partial charge in [-0.1, -0.05) is 5.10 Å². The summed E-state index contributed by atoms with van der Waals surface area (Å²) in [5, 5.41) is 13.6. The van der Waals surface area contributed by atoms with E-state index in [9.17, 15) is 4.79 Å². The second kappa shape index (κ2) is 5.54. The number of aryl methyl sites for hydroxylation is 1. The Bertz CT molecular complexity index is 300. The van der Waals surface area contributed by atoms with Crippen LogP contribution in [0.25, 0.3) is 0 Å². The van der Waals surface area contributed by atoms with Gasteiger partial charge in [0.1, 0.15) is 0 Å². The van der Waals surface area contributed by atoms with Crippen molar-refractivity contribution in [2.75, 3.05) is 11.2 Å². The van der Waals surface area contributed by atoms with E-state index < -0.39 is 0 Å². The van der Waals surface area contributed by atoms with Crippen molar-refractivity contribution in [2.45, 2.75) is 19.3 Å². The SMILES string of the molecule is Cn1nnc(NC(=O)CCCCCl)n1. The molecule has 0 saturated carbocycles. The predicted molar refractivity (Wildman–Crippen MR) is 52.0 cm³/mol. The zero-order valence-corrected chi connectivity index (χ0v) is 8.66. The third kappa shape index (κ3) is 3.69. The molecule has 1 N–H and O–H groups in total. The first-order chi connectivity index (χ1) is 6.72. The van der Waals surface area contributed by atoms with Crippen molar-refractivity contribution in [3.8, 4) is 0 Å². The van der Waals surface area contributed by atoms with Crippen LogP contribution >= 0.6 is 11.6 Å². The quantitative estimate of drug-likeness (QED) is 0.578. The summed E-state index contributed by atoms with van der Waals surface area (Å²) in [6.45, 7) is 0. The predicted octanol–water partition coefficient (Wildman–Crippen LogP) is 0.558. The lowest BCUT2D eigenvalue weighted by atomic mass is 10.2. The van der Waals surface area contributed by atoms with Crippen LogP contribution in [0, 0.1) is 0 Å². The van der Waals surface area contributed by atoms with E-state index in [1.807, 2.05) is 0 Å². The van der Waals surface area contributed by atoms with Crippen LogP contribution < -0.4 is 5.32 Å². The van der Waals surface area contributed by atoms with E-state index in [-0.39, 0.29) is 11.9 Å². The Hall–Kier alpha value is -1.17. The highest BCUT2D eigenvalue weighted by Crippen LogP contribution is 2.00. The summed E-state index contributed by atoms with van der Waals surface area (Å²) < 4.78 is 0. The second-order valence-corrected chi connectivity index (χ2v) is 3.17. The van der Waals surface area contributed by atoms with Crippen molar-refractivity contribution >= 4 is 23.5 Å². The molecule has 0 spiro atoms. The van der Waals surface area contributed by atoms with Gasteiger partial charge in [0, 0.05) is 12.3 Å². The van der Waals surface area contributed by atoms with E-state index >= 15 is 0 Å². The zero-order chi connectivity index (χ0) is 10.4. The van der Waals surface area contributed by atoms with Gasteiger partial charge in [0.15, 0.2) is 0 Å². The molecular weight excluding hydrogens is 206 g/mol. The number of alkyl halides is 1. The number of hydrogen-bond acceptors (Lipinski definition) is 4. The Kier molecular flexibility index (Phi) is 4.31. The maximum Gasteiger partial charge on any atom is 0.270 e. The van der Waals surface area contributed by atoms with Crippen LogP contribution in [0.1, 0.15) is 19.3 Å². The van der Waals surface area contributed by atoms with Crippen molar-refractivity contribution in [1.82, 2.24) is 20.2 Å². The Morgan fingerprint density at radius 2 is 2.36 bits per heavy atom. The minimum Gasteiger partial charge on any atom is -0.292 e. The largest absolute Gasteiger partial charge is 0.292 e. The number of rotatable bonds is 5. The van der Waals surface area contributed by atoms with Gasteiger partial charge in [0.05, 0.1) is 7.05 Å². The Balaban J connectivity index is 2.27. The second-order valence-electron chi connectivity index (χ2n) is 2.80. The van der Waals surface area contributed by atoms with Crippen LogP contribution in [0.4, 0.5) is 5.95 Å². The molecule has 1 aromatic rings. The van der Waals surface area contributed by atoms with E-state index in [0.29, 0.717) is 12.3 Å². The summed E-state index contributed by atoms with van der Waals surface area (Å²) in [4.78, 5) is 12.5. The van der Waals surface area contributed by atoms with Gasteiger partial charge in [0.2, 0.25) is 5.91 Å². The summed E-state index contributed by atoms with van der Waals surface area (Å²) in [7, 11) is 1.64. The maximum absolute atomic E-state index is 11.2. The number of nitrogens with one attached hydrogen (secondary N) is 1. The topological polar surface area (TPSA) is 72.7 Å². The minimum atomic E-state index is -0.108. The molecule has 0 aliphatic carbocycles. The fraction of sp³-hybridized carbons (Fsp3) is 0.714. The van der Waals surface area contributed by atoms with E-state index in [2.05, 4.69) is 20.7 Å². The molecule has 14 heavy (non-hydrogen) atoms. The molecule has 1 aromatic heterocycles. The number of halogens is 1. The lowest BCUT2D eigenvalue weighted by Crippen LogP contribution is -2.12. The molecule has 0 saturated heterocycles. The summed E-state index contributed by atoms with van der Waals surface area (Å²) in [6, 6.07) is 0. The van der Waals surface area contributed by atoms with Crippen molar-refractivity contribution in [3.63, 3.8) is 0 Å². The van der Waals surface area contributed by atoms with Crippen molar-refractivity contribution in [3.05, 3.63) is 0 Å². The number of aromatic nitrogens is 4. The molecular formula is C7H12ClN5O. The Morgan fingerprint density at radius 3 is 2.93 bits per heavy atom. The molecule has 0 radical (unpaired) electrons. The molecule has 1 heterocycles. The first-order valence-electron chi connectivity index (χ1n) is 4.32. The van der Waals surface area contributed by atoms with Crippen LogP contribution in [-0.4, -0.2) is 32.0 Å². The van der Waals surface area contributed by atoms with Crippen LogP contribution in [0.5, 0.6) is 0 Å². The van der Waals surface area contributed by atoms with E-state index in [4.69, 9.17) is 11.6 Å².